The summed E-state index contributed by atoms with van der Waals surface area (Å²) in [6.45, 7) is 4.77. The van der Waals surface area contributed by atoms with Gasteiger partial charge in [0.25, 0.3) is 0 Å². The van der Waals surface area contributed by atoms with Crippen LogP contribution in [-0.4, -0.2) is 12.9 Å². The lowest BCUT2D eigenvalue weighted by atomic mass is 9.86. The second-order valence-corrected chi connectivity index (χ2v) is 7.13. The number of benzene rings is 3. The average Bonchev–Trinajstić information content (AvgIpc) is 2.71. The molecule has 3 aromatic rings. The van der Waals surface area contributed by atoms with Gasteiger partial charge >= 0.3 is 0 Å². The van der Waals surface area contributed by atoms with Crippen molar-refractivity contribution in [2.45, 2.75) is 32.6 Å². The van der Waals surface area contributed by atoms with Crippen molar-refractivity contribution in [1.82, 2.24) is 0 Å². The molecule has 1 atom stereocenters. The van der Waals surface area contributed by atoms with Crippen molar-refractivity contribution in [3.63, 3.8) is 0 Å². The van der Waals surface area contributed by atoms with E-state index in [1.54, 1.807) is 36.4 Å². The molecule has 0 amide bonds. The Labute approximate surface area is 166 Å². The SMILES string of the molecule is Cc1ccc([C@H](CCCOc2ccc(C=O)cc2)c2cccc(F)c2)cc1C. The van der Waals surface area contributed by atoms with Crippen LogP contribution in [0.4, 0.5) is 4.39 Å². The maximum atomic E-state index is 13.8. The Balaban J connectivity index is 1.70. The lowest BCUT2D eigenvalue weighted by Gasteiger charge is -2.19. The second-order valence-electron chi connectivity index (χ2n) is 7.13. The summed E-state index contributed by atoms with van der Waals surface area (Å²) in [7, 11) is 0. The third-order valence-electron chi connectivity index (χ3n) is 5.11. The Kier molecular flexibility index (Phi) is 6.59. The highest BCUT2D eigenvalue weighted by molar-refractivity contribution is 5.74. The summed E-state index contributed by atoms with van der Waals surface area (Å²) in [5.41, 5.74) is 5.31. The summed E-state index contributed by atoms with van der Waals surface area (Å²) < 4.78 is 19.6. The van der Waals surface area contributed by atoms with Crippen LogP contribution in [0.15, 0.2) is 66.7 Å². The number of hydrogen-bond donors (Lipinski definition) is 0. The van der Waals surface area contributed by atoms with E-state index in [1.165, 1.54) is 22.8 Å². The van der Waals surface area contributed by atoms with E-state index in [9.17, 15) is 9.18 Å². The molecule has 3 rings (SSSR count). The van der Waals surface area contributed by atoms with Gasteiger partial charge in [-0.25, -0.2) is 4.39 Å². The van der Waals surface area contributed by atoms with Crippen LogP contribution in [-0.2, 0) is 0 Å². The molecule has 0 heterocycles. The third kappa shape index (κ3) is 5.07. The van der Waals surface area contributed by atoms with Gasteiger partial charge in [0.05, 0.1) is 6.61 Å². The van der Waals surface area contributed by atoms with Crippen molar-refractivity contribution < 1.29 is 13.9 Å². The largest absolute Gasteiger partial charge is 0.494 e. The number of rotatable bonds is 8. The standard InChI is InChI=1S/C25H25FO2/c1-18-8-11-22(15-19(18)2)25(21-5-3-6-23(26)16-21)7-4-14-28-24-12-9-20(17-27)10-13-24/h3,5-6,8-13,15-17,25H,4,7,14H2,1-2H3/t25-/m1/s1. The average molecular weight is 376 g/mol. The van der Waals surface area contributed by atoms with Crippen molar-refractivity contribution in [1.29, 1.82) is 0 Å². The predicted octanol–water partition coefficient (Wildman–Crippen LogP) is 6.25. The first-order chi connectivity index (χ1) is 13.6. The van der Waals surface area contributed by atoms with Gasteiger partial charge in [0, 0.05) is 11.5 Å². The molecule has 0 fully saturated rings. The van der Waals surface area contributed by atoms with Gasteiger partial charge in [-0.3, -0.25) is 4.79 Å². The van der Waals surface area contributed by atoms with Crippen LogP contribution >= 0.6 is 0 Å². The molecule has 0 saturated carbocycles. The normalized spacial score (nSPS) is 11.8. The lowest BCUT2D eigenvalue weighted by molar-refractivity contribution is 0.112. The zero-order chi connectivity index (χ0) is 19.9. The molecule has 0 N–H and O–H groups in total. The van der Waals surface area contributed by atoms with Gasteiger partial charge in [-0.15, -0.1) is 0 Å². The van der Waals surface area contributed by atoms with Crippen LogP contribution in [0.1, 0.15) is 51.4 Å². The highest BCUT2D eigenvalue weighted by atomic mass is 19.1. The molecule has 28 heavy (non-hydrogen) atoms. The Hall–Kier alpha value is -2.94. The first-order valence-electron chi connectivity index (χ1n) is 9.57. The minimum atomic E-state index is -0.210. The van der Waals surface area contributed by atoms with Gasteiger partial charge in [0.15, 0.2) is 0 Å². The monoisotopic (exact) mass is 376 g/mol. The summed E-state index contributed by atoms with van der Waals surface area (Å²) >= 11 is 0. The van der Waals surface area contributed by atoms with Crippen LogP contribution in [0.25, 0.3) is 0 Å². The lowest BCUT2D eigenvalue weighted by Crippen LogP contribution is -2.06. The van der Waals surface area contributed by atoms with E-state index in [2.05, 4.69) is 32.0 Å². The topological polar surface area (TPSA) is 26.3 Å². The minimum absolute atomic E-state index is 0.121. The van der Waals surface area contributed by atoms with E-state index >= 15 is 0 Å². The van der Waals surface area contributed by atoms with Crippen LogP contribution in [0.3, 0.4) is 0 Å². The van der Waals surface area contributed by atoms with Gasteiger partial charge in [-0.1, -0.05) is 30.3 Å². The van der Waals surface area contributed by atoms with E-state index in [1.807, 2.05) is 6.07 Å². The van der Waals surface area contributed by atoms with Crippen molar-refractivity contribution in [2.24, 2.45) is 0 Å². The van der Waals surface area contributed by atoms with E-state index < -0.39 is 0 Å². The molecule has 0 aliphatic rings. The van der Waals surface area contributed by atoms with E-state index in [-0.39, 0.29) is 11.7 Å². The minimum Gasteiger partial charge on any atom is -0.494 e. The molecule has 3 heteroatoms. The molecule has 0 aromatic heterocycles. The fraction of sp³-hybridized carbons (Fsp3) is 0.240. The van der Waals surface area contributed by atoms with Gasteiger partial charge < -0.3 is 4.74 Å². The Morgan fingerprint density at radius 1 is 0.929 bits per heavy atom. The maximum Gasteiger partial charge on any atom is 0.150 e. The highest BCUT2D eigenvalue weighted by Gasteiger charge is 2.15. The zero-order valence-electron chi connectivity index (χ0n) is 16.3. The van der Waals surface area contributed by atoms with E-state index in [0.717, 1.165) is 30.4 Å². The van der Waals surface area contributed by atoms with E-state index in [0.29, 0.717) is 12.2 Å². The Morgan fingerprint density at radius 2 is 1.68 bits per heavy atom. The molecule has 0 bridgehead atoms. The van der Waals surface area contributed by atoms with Crippen LogP contribution in [0.2, 0.25) is 0 Å². The summed E-state index contributed by atoms with van der Waals surface area (Å²) in [5.74, 6) is 0.660. The van der Waals surface area contributed by atoms with Gasteiger partial charge in [-0.05, 0) is 85.3 Å². The molecule has 0 aliphatic heterocycles. The molecule has 0 spiro atoms. The number of hydrogen-bond acceptors (Lipinski definition) is 2. The Bertz CT molecular complexity index is 932. The molecular formula is C25H25FO2. The third-order valence-corrected chi connectivity index (χ3v) is 5.11. The summed E-state index contributed by atoms with van der Waals surface area (Å²) in [6, 6.07) is 20.4. The molecule has 0 saturated heterocycles. The molecule has 0 radical (unpaired) electrons. The van der Waals surface area contributed by atoms with Crippen molar-refractivity contribution in [3.8, 4) is 5.75 Å². The number of aldehydes is 1. The fourth-order valence-corrected chi connectivity index (χ4v) is 3.35. The zero-order valence-corrected chi connectivity index (χ0v) is 16.3. The van der Waals surface area contributed by atoms with Gasteiger partial charge in [0.1, 0.15) is 17.9 Å². The van der Waals surface area contributed by atoms with Crippen molar-refractivity contribution in [2.75, 3.05) is 6.61 Å². The quantitative estimate of drug-likeness (QED) is 0.343. The number of carbonyl (C=O) groups excluding carboxylic acids is 1. The van der Waals surface area contributed by atoms with Crippen LogP contribution in [0, 0.1) is 19.7 Å². The number of aryl methyl sites for hydroxylation is 2. The van der Waals surface area contributed by atoms with Gasteiger partial charge in [0.2, 0.25) is 0 Å². The summed E-state index contributed by atoms with van der Waals surface area (Å²) in [5, 5.41) is 0. The van der Waals surface area contributed by atoms with Crippen molar-refractivity contribution in [3.05, 3.63) is 100 Å². The van der Waals surface area contributed by atoms with Crippen LogP contribution < -0.4 is 4.74 Å². The molecule has 2 nitrogen and oxygen atoms in total. The number of ether oxygens (including phenoxy) is 1. The number of halogens is 1. The Morgan fingerprint density at radius 3 is 2.36 bits per heavy atom. The van der Waals surface area contributed by atoms with E-state index in [4.69, 9.17) is 4.74 Å². The molecule has 3 aromatic carbocycles. The molecule has 0 unspecified atom stereocenters. The molecular weight excluding hydrogens is 351 g/mol. The van der Waals surface area contributed by atoms with Gasteiger partial charge in [-0.2, -0.15) is 0 Å². The molecule has 0 aliphatic carbocycles. The fourth-order valence-electron chi connectivity index (χ4n) is 3.35. The first kappa shape index (κ1) is 19.8. The predicted molar refractivity (Wildman–Crippen MR) is 111 cm³/mol. The first-order valence-corrected chi connectivity index (χ1v) is 9.57. The summed E-state index contributed by atoms with van der Waals surface area (Å²) in [4.78, 5) is 10.7. The maximum absolute atomic E-state index is 13.8. The smallest absolute Gasteiger partial charge is 0.150 e. The second kappa shape index (κ2) is 9.32. The van der Waals surface area contributed by atoms with Crippen molar-refractivity contribution >= 4 is 6.29 Å². The van der Waals surface area contributed by atoms with Crippen LogP contribution in [0.5, 0.6) is 5.75 Å². The number of carbonyl (C=O) groups is 1. The molecule has 144 valence electrons. The highest BCUT2D eigenvalue weighted by Crippen LogP contribution is 2.31. The summed E-state index contributed by atoms with van der Waals surface area (Å²) in [6.07, 6.45) is 2.51.